The van der Waals surface area contributed by atoms with Gasteiger partial charge >= 0.3 is 0 Å². The van der Waals surface area contributed by atoms with Crippen molar-refractivity contribution in [2.45, 2.75) is 6.42 Å². The molecular weight excluding hydrogens is 421 g/mol. The number of methoxy groups -OCH3 is 1. The number of nitrogens with zero attached hydrogens (tertiary/aromatic N) is 2. The number of piperazine rings is 1. The Bertz CT molecular complexity index is 543. The molecule has 6 nitrogen and oxygen atoms in total. The van der Waals surface area contributed by atoms with Crippen LogP contribution in [0.15, 0.2) is 24.3 Å². The fourth-order valence-electron chi connectivity index (χ4n) is 2.59. The summed E-state index contributed by atoms with van der Waals surface area (Å²) in [5.74, 6) is 0.0959. The first-order chi connectivity index (χ1) is 11.6. The van der Waals surface area contributed by atoms with E-state index in [1.54, 1.807) is 7.11 Å². The number of rotatable bonds is 7. The number of hydrogen-bond donors (Lipinski definition) is 1. The summed E-state index contributed by atoms with van der Waals surface area (Å²) in [6.07, 6.45) is 0.820. The zero-order valence-corrected chi connectivity index (χ0v) is 16.1. The molecule has 0 unspecified atom stereocenters. The number of amides is 2. The van der Waals surface area contributed by atoms with Crippen LogP contribution in [-0.2, 0) is 9.53 Å². The van der Waals surface area contributed by atoms with E-state index in [4.69, 9.17) is 4.74 Å². The molecule has 7 heteroatoms. The fraction of sp³-hybridized carbons (Fsp3) is 0.529. The molecule has 0 atom stereocenters. The van der Waals surface area contributed by atoms with Crippen LogP contribution in [0.1, 0.15) is 16.8 Å². The van der Waals surface area contributed by atoms with Crippen molar-refractivity contribution >= 4 is 34.4 Å². The van der Waals surface area contributed by atoms with E-state index in [2.05, 4.69) is 32.8 Å². The molecule has 0 saturated carbocycles. The SMILES string of the molecule is COCCCNC(=O)CN1CCN(C(=O)c2ccc(I)cc2)CC1. The van der Waals surface area contributed by atoms with Gasteiger partial charge in [0.1, 0.15) is 0 Å². The van der Waals surface area contributed by atoms with Crippen molar-refractivity contribution in [2.75, 3.05) is 53.0 Å². The summed E-state index contributed by atoms with van der Waals surface area (Å²) >= 11 is 2.23. The minimum Gasteiger partial charge on any atom is -0.385 e. The molecule has 132 valence electrons. The number of halogens is 1. The average molecular weight is 445 g/mol. The Morgan fingerprint density at radius 2 is 1.83 bits per heavy atom. The van der Waals surface area contributed by atoms with Gasteiger partial charge in [-0.3, -0.25) is 14.5 Å². The number of nitrogens with one attached hydrogen (secondary N) is 1. The number of ether oxygens (including phenoxy) is 1. The number of carbonyl (C=O) groups is 2. The average Bonchev–Trinajstić information content (AvgIpc) is 2.59. The molecule has 0 aliphatic carbocycles. The molecule has 0 aromatic heterocycles. The van der Waals surface area contributed by atoms with Gasteiger partial charge in [0.05, 0.1) is 6.54 Å². The molecule has 1 aromatic carbocycles. The van der Waals surface area contributed by atoms with E-state index >= 15 is 0 Å². The molecule has 0 bridgehead atoms. The lowest BCUT2D eigenvalue weighted by Crippen LogP contribution is -2.51. The van der Waals surface area contributed by atoms with Crippen LogP contribution in [0.2, 0.25) is 0 Å². The van der Waals surface area contributed by atoms with E-state index in [0.29, 0.717) is 32.8 Å². The lowest BCUT2D eigenvalue weighted by atomic mass is 10.2. The summed E-state index contributed by atoms with van der Waals surface area (Å²) in [6, 6.07) is 7.61. The lowest BCUT2D eigenvalue weighted by Gasteiger charge is -2.34. The van der Waals surface area contributed by atoms with E-state index in [1.807, 2.05) is 29.2 Å². The van der Waals surface area contributed by atoms with E-state index in [9.17, 15) is 9.59 Å². The summed E-state index contributed by atoms with van der Waals surface area (Å²) in [5.41, 5.74) is 0.722. The quantitative estimate of drug-likeness (QED) is 0.507. The van der Waals surface area contributed by atoms with Crippen LogP contribution in [0.3, 0.4) is 0 Å². The molecule has 1 aliphatic rings. The highest BCUT2D eigenvalue weighted by atomic mass is 127. The Balaban J connectivity index is 1.72. The van der Waals surface area contributed by atoms with Crippen molar-refractivity contribution in [1.29, 1.82) is 0 Å². The minimum atomic E-state index is 0.0310. The largest absolute Gasteiger partial charge is 0.385 e. The van der Waals surface area contributed by atoms with Crippen LogP contribution in [0, 0.1) is 3.57 Å². The van der Waals surface area contributed by atoms with Crippen molar-refractivity contribution in [3.8, 4) is 0 Å². The molecule has 0 radical (unpaired) electrons. The van der Waals surface area contributed by atoms with Crippen molar-refractivity contribution < 1.29 is 14.3 Å². The maximum atomic E-state index is 12.5. The van der Waals surface area contributed by atoms with Crippen LogP contribution in [0.5, 0.6) is 0 Å². The van der Waals surface area contributed by atoms with Gasteiger partial charge in [-0.1, -0.05) is 0 Å². The second kappa shape index (κ2) is 9.95. The first-order valence-electron chi connectivity index (χ1n) is 8.13. The third-order valence-electron chi connectivity index (χ3n) is 3.97. The summed E-state index contributed by atoms with van der Waals surface area (Å²) < 4.78 is 6.07. The van der Waals surface area contributed by atoms with Crippen molar-refractivity contribution in [1.82, 2.24) is 15.1 Å². The lowest BCUT2D eigenvalue weighted by molar-refractivity contribution is -0.122. The molecule has 24 heavy (non-hydrogen) atoms. The van der Waals surface area contributed by atoms with E-state index in [1.165, 1.54) is 0 Å². The number of benzene rings is 1. The molecule has 2 rings (SSSR count). The number of hydrogen-bond acceptors (Lipinski definition) is 4. The van der Waals surface area contributed by atoms with Gasteiger partial charge in [-0.05, 0) is 53.3 Å². The van der Waals surface area contributed by atoms with Crippen LogP contribution in [0.25, 0.3) is 0 Å². The van der Waals surface area contributed by atoms with Crippen molar-refractivity contribution in [2.24, 2.45) is 0 Å². The third kappa shape index (κ3) is 6.03. The molecule has 1 N–H and O–H groups in total. The molecule has 1 heterocycles. The summed E-state index contributed by atoms with van der Waals surface area (Å²) in [7, 11) is 1.65. The topological polar surface area (TPSA) is 61.9 Å². The molecule has 1 aliphatic heterocycles. The van der Waals surface area contributed by atoms with Gasteiger partial charge in [0.25, 0.3) is 5.91 Å². The molecule has 1 aromatic rings. The maximum absolute atomic E-state index is 12.5. The highest BCUT2D eigenvalue weighted by molar-refractivity contribution is 14.1. The highest BCUT2D eigenvalue weighted by Gasteiger charge is 2.23. The Morgan fingerprint density at radius 3 is 2.46 bits per heavy atom. The van der Waals surface area contributed by atoms with Gasteiger partial charge < -0.3 is 15.0 Å². The van der Waals surface area contributed by atoms with E-state index in [0.717, 1.165) is 28.6 Å². The standard InChI is InChI=1S/C17H24IN3O3/c1-24-12-2-7-19-16(22)13-20-8-10-21(11-9-20)17(23)14-3-5-15(18)6-4-14/h3-6H,2,7-13H2,1H3,(H,19,22). The van der Waals surface area contributed by atoms with Gasteiger partial charge in [0.15, 0.2) is 0 Å². The zero-order chi connectivity index (χ0) is 17.4. The Hall–Kier alpha value is -1.19. The maximum Gasteiger partial charge on any atom is 0.253 e. The van der Waals surface area contributed by atoms with Crippen LogP contribution >= 0.6 is 22.6 Å². The molecule has 1 saturated heterocycles. The van der Waals surface area contributed by atoms with E-state index in [-0.39, 0.29) is 11.8 Å². The van der Waals surface area contributed by atoms with Gasteiger partial charge in [-0.2, -0.15) is 0 Å². The molecular formula is C17H24IN3O3. The third-order valence-corrected chi connectivity index (χ3v) is 4.68. The van der Waals surface area contributed by atoms with Crippen LogP contribution < -0.4 is 5.32 Å². The van der Waals surface area contributed by atoms with Crippen LogP contribution in [0.4, 0.5) is 0 Å². The Labute approximate surface area is 156 Å². The molecule has 0 spiro atoms. The molecule has 1 fully saturated rings. The van der Waals surface area contributed by atoms with Crippen molar-refractivity contribution in [3.63, 3.8) is 0 Å². The predicted molar refractivity (Wildman–Crippen MR) is 101 cm³/mol. The van der Waals surface area contributed by atoms with Crippen molar-refractivity contribution in [3.05, 3.63) is 33.4 Å². The second-order valence-electron chi connectivity index (χ2n) is 5.77. The summed E-state index contributed by atoms with van der Waals surface area (Å²) in [4.78, 5) is 28.3. The minimum absolute atomic E-state index is 0.0310. The van der Waals surface area contributed by atoms with Gasteiger partial charge in [0.2, 0.25) is 5.91 Å². The summed E-state index contributed by atoms with van der Waals surface area (Å²) in [6.45, 7) is 4.43. The van der Waals surface area contributed by atoms with E-state index < -0.39 is 0 Å². The first kappa shape index (κ1) is 19.1. The first-order valence-corrected chi connectivity index (χ1v) is 9.21. The monoisotopic (exact) mass is 445 g/mol. The van der Waals surface area contributed by atoms with Gasteiger partial charge in [-0.25, -0.2) is 0 Å². The Kier molecular flexibility index (Phi) is 7.93. The van der Waals surface area contributed by atoms with Crippen LogP contribution in [-0.4, -0.2) is 74.6 Å². The summed E-state index contributed by atoms with van der Waals surface area (Å²) in [5, 5.41) is 2.89. The molecule has 2 amide bonds. The smallest absolute Gasteiger partial charge is 0.253 e. The second-order valence-corrected chi connectivity index (χ2v) is 7.02. The number of carbonyl (C=O) groups excluding carboxylic acids is 2. The highest BCUT2D eigenvalue weighted by Crippen LogP contribution is 2.11. The fourth-order valence-corrected chi connectivity index (χ4v) is 2.95. The van der Waals surface area contributed by atoms with Gasteiger partial charge in [0, 0.05) is 55.6 Å². The predicted octanol–water partition coefficient (Wildman–Crippen LogP) is 1.20. The van der Waals surface area contributed by atoms with Gasteiger partial charge in [-0.15, -0.1) is 0 Å². The normalized spacial score (nSPS) is 15.3. The Morgan fingerprint density at radius 1 is 1.17 bits per heavy atom. The zero-order valence-electron chi connectivity index (χ0n) is 14.0.